The second kappa shape index (κ2) is 5.52. The lowest BCUT2D eigenvalue weighted by molar-refractivity contribution is 0.261. The highest BCUT2D eigenvalue weighted by Gasteiger charge is 2.33. The van der Waals surface area contributed by atoms with Gasteiger partial charge in [-0.2, -0.15) is 4.31 Å². The molecule has 1 N–H and O–H groups in total. The predicted molar refractivity (Wildman–Crippen MR) is 69.1 cm³/mol. The molecule has 0 aromatic carbocycles. The summed E-state index contributed by atoms with van der Waals surface area (Å²) in [4.78, 5) is 0. The third kappa shape index (κ3) is 2.82. The van der Waals surface area contributed by atoms with Gasteiger partial charge in [0.2, 0.25) is 0 Å². The molecular weight excluding hydrogens is 278 g/mol. The predicted octanol–water partition coefficient (Wildman–Crippen LogP) is -0.392. The van der Waals surface area contributed by atoms with Crippen LogP contribution in [-0.4, -0.2) is 52.9 Å². The van der Waals surface area contributed by atoms with E-state index < -0.39 is 10.0 Å². The lowest BCUT2D eigenvalue weighted by Crippen LogP contribution is -2.55. The van der Waals surface area contributed by atoms with Crippen molar-refractivity contribution in [2.45, 2.75) is 31.0 Å². The second-order valence-electron chi connectivity index (χ2n) is 4.49. The molecule has 2 heterocycles. The molecule has 0 bridgehead atoms. The van der Waals surface area contributed by atoms with E-state index in [1.165, 1.54) is 15.2 Å². The third-order valence-electron chi connectivity index (χ3n) is 2.80. The number of nitrogens with one attached hydrogen (secondary N) is 1. The van der Waals surface area contributed by atoms with E-state index in [4.69, 9.17) is 0 Å². The van der Waals surface area contributed by atoms with Crippen LogP contribution in [0.2, 0.25) is 0 Å². The maximum Gasteiger partial charge on any atom is 0.261 e. The van der Waals surface area contributed by atoms with Gasteiger partial charge in [-0.25, -0.2) is 13.1 Å². The Balaban J connectivity index is 0.00000162. The summed E-state index contributed by atoms with van der Waals surface area (Å²) in [5.74, 6) is 0. The Morgan fingerprint density at radius 1 is 1.33 bits per heavy atom. The number of aryl methyl sites for hydroxylation is 1. The average molecular weight is 296 g/mol. The molecule has 1 aromatic rings. The van der Waals surface area contributed by atoms with Crippen LogP contribution in [0.5, 0.6) is 0 Å². The molecule has 2 atom stereocenters. The average Bonchev–Trinajstić information content (AvgIpc) is 2.63. The molecule has 2 rings (SSSR count). The minimum absolute atomic E-state index is 0. The largest absolute Gasteiger partial charge is 0.309 e. The van der Waals surface area contributed by atoms with E-state index in [1.54, 1.807) is 7.05 Å². The van der Waals surface area contributed by atoms with Gasteiger partial charge in [0, 0.05) is 32.2 Å². The van der Waals surface area contributed by atoms with Crippen LogP contribution in [-0.2, 0) is 17.1 Å². The molecule has 18 heavy (non-hydrogen) atoms. The molecule has 9 heteroatoms. The minimum atomic E-state index is -3.48. The molecule has 1 aromatic heterocycles. The van der Waals surface area contributed by atoms with Crippen molar-refractivity contribution in [3.63, 3.8) is 0 Å². The van der Waals surface area contributed by atoms with E-state index in [-0.39, 0.29) is 29.5 Å². The Morgan fingerprint density at radius 3 is 2.33 bits per heavy atom. The Bertz CT molecular complexity index is 493. The van der Waals surface area contributed by atoms with Gasteiger partial charge in [0.25, 0.3) is 10.0 Å². The zero-order valence-electron chi connectivity index (χ0n) is 10.6. The van der Waals surface area contributed by atoms with Gasteiger partial charge in [-0.15, -0.1) is 17.5 Å². The normalized spacial score (nSPS) is 25.7. The summed E-state index contributed by atoms with van der Waals surface area (Å²) in [5.41, 5.74) is 0. The highest BCUT2D eigenvalue weighted by atomic mass is 35.5. The fraction of sp³-hybridized carbons (Fsp3) is 0.778. The molecule has 0 saturated carbocycles. The number of aromatic nitrogens is 3. The van der Waals surface area contributed by atoms with E-state index >= 15 is 0 Å². The molecule has 104 valence electrons. The zero-order valence-corrected chi connectivity index (χ0v) is 12.2. The van der Waals surface area contributed by atoms with Crippen molar-refractivity contribution >= 4 is 22.4 Å². The summed E-state index contributed by atoms with van der Waals surface area (Å²) >= 11 is 0. The van der Waals surface area contributed by atoms with Gasteiger partial charge in [0.1, 0.15) is 0 Å². The van der Waals surface area contributed by atoms with Crippen LogP contribution >= 0.6 is 12.4 Å². The maximum atomic E-state index is 12.4. The van der Waals surface area contributed by atoms with Gasteiger partial charge in [0.05, 0.1) is 6.20 Å². The summed E-state index contributed by atoms with van der Waals surface area (Å²) in [6, 6.07) is 0.296. The second-order valence-corrected chi connectivity index (χ2v) is 6.37. The van der Waals surface area contributed by atoms with Crippen molar-refractivity contribution in [2.75, 3.05) is 13.1 Å². The van der Waals surface area contributed by atoms with Crippen LogP contribution in [0.25, 0.3) is 0 Å². The number of piperazine rings is 1. The fourth-order valence-electron chi connectivity index (χ4n) is 2.12. The van der Waals surface area contributed by atoms with Gasteiger partial charge in [-0.1, -0.05) is 5.21 Å². The van der Waals surface area contributed by atoms with Crippen molar-refractivity contribution in [3.8, 4) is 0 Å². The lowest BCUT2D eigenvalue weighted by Gasteiger charge is -2.34. The number of hydrogen-bond acceptors (Lipinski definition) is 5. The molecule has 1 saturated heterocycles. The van der Waals surface area contributed by atoms with Gasteiger partial charge >= 0.3 is 0 Å². The monoisotopic (exact) mass is 295 g/mol. The molecule has 7 nitrogen and oxygen atoms in total. The van der Waals surface area contributed by atoms with Crippen LogP contribution in [0, 0.1) is 0 Å². The van der Waals surface area contributed by atoms with E-state index in [1.807, 2.05) is 13.8 Å². The van der Waals surface area contributed by atoms with Crippen LogP contribution in [0.1, 0.15) is 13.8 Å². The summed E-state index contributed by atoms with van der Waals surface area (Å²) in [6.45, 7) is 4.88. The Hall–Kier alpha value is -0.700. The lowest BCUT2D eigenvalue weighted by atomic mass is 10.2. The van der Waals surface area contributed by atoms with Crippen molar-refractivity contribution in [3.05, 3.63) is 6.20 Å². The number of nitrogens with zero attached hydrogens (tertiary/aromatic N) is 4. The SMILES string of the molecule is CC1CN(S(=O)(=O)c2cnnn2C)CC(C)N1.Cl. The van der Waals surface area contributed by atoms with Crippen molar-refractivity contribution in [1.29, 1.82) is 0 Å². The number of rotatable bonds is 2. The van der Waals surface area contributed by atoms with Crippen molar-refractivity contribution in [2.24, 2.45) is 7.05 Å². The standard InChI is InChI=1S/C9H17N5O2S.ClH/c1-7-5-14(6-8(2)11-7)17(15,16)9-4-10-12-13(9)3;/h4,7-8,11H,5-6H2,1-3H3;1H. The minimum Gasteiger partial charge on any atom is -0.309 e. The van der Waals surface area contributed by atoms with Gasteiger partial charge in [0.15, 0.2) is 5.03 Å². The topological polar surface area (TPSA) is 80.1 Å². The van der Waals surface area contributed by atoms with Gasteiger partial charge in [-0.05, 0) is 13.8 Å². The number of sulfonamides is 1. The fourth-order valence-corrected chi connectivity index (χ4v) is 3.77. The van der Waals surface area contributed by atoms with Gasteiger partial charge in [-0.3, -0.25) is 0 Å². The summed E-state index contributed by atoms with van der Waals surface area (Å²) < 4.78 is 27.5. The highest BCUT2D eigenvalue weighted by molar-refractivity contribution is 7.89. The highest BCUT2D eigenvalue weighted by Crippen LogP contribution is 2.16. The van der Waals surface area contributed by atoms with E-state index in [0.29, 0.717) is 13.1 Å². The molecule has 0 aliphatic carbocycles. The summed E-state index contributed by atoms with van der Waals surface area (Å²) in [6.07, 6.45) is 1.28. The van der Waals surface area contributed by atoms with Crippen LogP contribution in [0.15, 0.2) is 11.2 Å². The molecule has 0 radical (unpaired) electrons. The molecule has 1 aliphatic rings. The van der Waals surface area contributed by atoms with E-state index in [0.717, 1.165) is 0 Å². The Morgan fingerprint density at radius 2 is 1.89 bits per heavy atom. The number of hydrogen-bond donors (Lipinski definition) is 1. The van der Waals surface area contributed by atoms with Crippen molar-refractivity contribution < 1.29 is 8.42 Å². The molecule has 2 unspecified atom stereocenters. The zero-order chi connectivity index (χ0) is 12.6. The van der Waals surface area contributed by atoms with E-state index in [2.05, 4.69) is 15.6 Å². The smallest absolute Gasteiger partial charge is 0.261 e. The first-order valence-corrected chi connectivity index (χ1v) is 6.96. The molecule has 1 aliphatic heterocycles. The molecule has 0 spiro atoms. The van der Waals surface area contributed by atoms with Crippen molar-refractivity contribution in [1.82, 2.24) is 24.6 Å². The number of halogens is 1. The van der Waals surface area contributed by atoms with Crippen LogP contribution < -0.4 is 5.32 Å². The van der Waals surface area contributed by atoms with Gasteiger partial charge < -0.3 is 5.32 Å². The molecular formula is C9H18ClN5O2S. The maximum absolute atomic E-state index is 12.4. The molecule has 1 fully saturated rings. The third-order valence-corrected chi connectivity index (χ3v) is 4.68. The summed E-state index contributed by atoms with van der Waals surface area (Å²) in [5, 5.41) is 10.7. The van der Waals surface area contributed by atoms with Crippen LogP contribution in [0.4, 0.5) is 0 Å². The van der Waals surface area contributed by atoms with Crippen LogP contribution in [0.3, 0.4) is 0 Å². The van der Waals surface area contributed by atoms with E-state index in [9.17, 15) is 8.42 Å². The summed E-state index contributed by atoms with van der Waals surface area (Å²) in [7, 11) is -1.91. The first kappa shape index (κ1) is 15.4. The Kier molecular flexibility index (Phi) is 4.71. The first-order valence-electron chi connectivity index (χ1n) is 5.52. The molecule has 0 amide bonds. The Labute approximate surface area is 113 Å². The quantitative estimate of drug-likeness (QED) is 0.804. The first-order chi connectivity index (χ1) is 7.91.